The lowest BCUT2D eigenvalue weighted by Crippen LogP contribution is -2.12. The first-order chi connectivity index (χ1) is 67.4. The Morgan fingerprint density at radius 2 is 0.585 bits per heavy atom. The van der Waals surface area contributed by atoms with Gasteiger partial charge in [-0.2, -0.15) is 71.3 Å². The second-order valence-electron chi connectivity index (χ2n) is 30.7. The third kappa shape index (κ3) is 24.1. The lowest BCUT2D eigenvalue weighted by atomic mass is 10.0. The first-order valence-electron chi connectivity index (χ1n) is 41.0. The lowest BCUT2D eigenvalue weighted by molar-refractivity contribution is 0.451. The molecule has 0 atom stereocenters. The largest absolute Gasteiger partial charge is 0.508 e. The Kier molecular flexibility index (Phi) is 29.8. The number of hydrogen-bond acceptors (Lipinski definition) is 38. The number of aromatic hydroxyl groups is 7. The molecule has 42 nitrogen and oxygen atoms in total. The number of fused-ring (bicyclic) bond motifs is 3. The van der Waals surface area contributed by atoms with Crippen molar-refractivity contribution in [3.8, 4) is 40.2 Å². The molecule has 0 aromatic heterocycles. The van der Waals surface area contributed by atoms with Crippen molar-refractivity contribution in [3.63, 3.8) is 0 Å². The van der Waals surface area contributed by atoms with E-state index >= 15 is 0 Å². The Bertz CT molecular complexity index is 8510. The van der Waals surface area contributed by atoms with Gasteiger partial charge in [0, 0.05) is 45.3 Å². The molecule has 142 heavy (non-hydrogen) atoms. The van der Waals surface area contributed by atoms with Crippen LogP contribution in [0.5, 0.6) is 40.2 Å². The first kappa shape index (κ1) is 100. The molecule has 48 heteroatoms. The van der Waals surface area contributed by atoms with Crippen LogP contribution in [0.2, 0.25) is 10.0 Å². The van der Waals surface area contributed by atoms with Crippen molar-refractivity contribution in [1.82, 2.24) is 0 Å². The van der Waals surface area contributed by atoms with E-state index in [1.807, 2.05) is 19.1 Å². The summed E-state index contributed by atoms with van der Waals surface area (Å²) in [5, 5.41) is 148. The van der Waals surface area contributed by atoms with Gasteiger partial charge in [0.05, 0.1) is 89.3 Å². The van der Waals surface area contributed by atoms with Gasteiger partial charge in [-0.25, -0.2) is 8.42 Å². The van der Waals surface area contributed by atoms with Crippen LogP contribution in [0, 0.1) is 27.7 Å². The van der Waals surface area contributed by atoms with E-state index in [2.05, 4.69) is 96.8 Å². The highest BCUT2D eigenvalue weighted by Crippen LogP contribution is 2.52. The fraction of sp³-hybridized carbons (Fsp3) is 0.0426. The molecule has 0 saturated heterocycles. The standard InChI is InChI=1S/C36H30N8O8S2.2C29H23ClN8O5S/c1-20-3-5-23(6-4-20)39-42-34-21(2)17-22-18-31(54(50,51)52)35(36(47)32(22)33(34)37)43-40-25-11-14-28(15-12-25)53(48,49)44-26-9-7-24(8-10-26)38-41-29-16-13-27(45)19-30(29)46;1-15-12-16-13-24(44(41,42)43)28(26(32)25(16)29(40)27(15)37-34-19-5-2-17(30)3-6-19)38-35-21-9-7-20(8-10-21)33-36-22-11-4-18(31)14-23(22)39;1-15-10-16-11-24(44(41,42)43)28(26(32)25(16)29(40)27(15)37-34-19-5-2-4-17(30)12-19)38-35-21-7-3-6-20(14-21)33-36-22-9-8-18(31)13-23(22)39/h3-19,44-47H,37H2,1-2H3,(H,50,51,52);2*2-14,39-40H,31-32H2,1H3,(H,41,42,43). The Balaban J connectivity index is 0.000000171. The van der Waals surface area contributed by atoms with Gasteiger partial charge < -0.3 is 64.4 Å². The maximum Gasteiger partial charge on any atom is 0.296 e. The number of rotatable bonds is 24. The molecule has 0 heterocycles. The van der Waals surface area contributed by atoms with Gasteiger partial charge >= 0.3 is 0 Å². The Morgan fingerprint density at radius 1 is 0.275 bits per heavy atom. The maximum atomic E-state index is 13.1. The first-order valence-corrected chi connectivity index (χ1v) is 47.6. The zero-order chi connectivity index (χ0) is 102. The molecule has 0 unspecified atom stereocenters. The van der Waals surface area contributed by atoms with Crippen molar-refractivity contribution >= 4 is 232 Å². The molecule has 0 aliphatic heterocycles. The highest BCUT2D eigenvalue weighted by atomic mass is 35.5. The van der Waals surface area contributed by atoms with Crippen molar-refractivity contribution in [2.45, 2.75) is 47.3 Å². The Morgan fingerprint density at radius 3 is 0.993 bits per heavy atom. The minimum atomic E-state index is -4.93. The van der Waals surface area contributed by atoms with Crippen LogP contribution in [-0.2, 0) is 40.4 Å². The number of nitrogens with two attached hydrogens (primary N) is 5. The zero-order valence-corrected chi connectivity index (χ0v) is 78.7. The zero-order valence-electron chi connectivity index (χ0n) is 73.9. The summed E-state index contributed by atoms with van der Waals surface area (Å²) >= 11 is 11.9. The van der Waals surface area contributed by atoms with Crippen LogP contribution >= 0.6 is 23.2 Å². The van der Waals surface area contributed by atoms with Crippen LogP contribution in [0.1, 0.15) is 22.3 Å². The predicted octanol–water partition coefficient (Wildman–Crippen LogP) is 27.2. The lowest BCUT2D eigenvalue weighted by Gasteiger charge is -2.13. The summed E-state index contributed by atoms with van der Waals surface area (Å²) in [6.45, 7) is 6.89. The fourth-order valence-corrected chi connectivity index (χ4v) is 16.9. The number of nitrogens with zero attached hydrogens (tertiary/aromatic N) is 18. The van der Waals surface area contributed by atoms with Crippen molar-refractivity contribution < 1.29 is 83.1 Å². The molecule has 16 aromatic carbocycles. The molecule has 0 amide bonds. The molecule has 0 aliphatic rings. The number of phenols is 7. The van der Waals surface area contributed by atoms with Gasteiger partial charge in [-0.3, -0.25) is 18.4 Å². The predicted molar refractivity (Wildman–Crippen MR) is 537 cm³/mol. The molecule has 21 N–H and O–H groups in total. The number of benzene rings is 16. The Hall–Kier alpha value is -17.6. The van der Waals surface area contributed by atoms with Crippen molar-refractivity contribution in [2.24, 2.45) is 92.1 Å². The van der Waals surface area contributed by atoms with Gasteiger partial charge in [0.15, 0.2) is 17.2 Å². The number of azo groups is 9. The number of nitrogen functional groups attached to an aromatic ring is 5. The van der Waals surface area contributed by atoms with Crippen LogP contribution in [-0.4, -0.2) is 83.1 Å². The van der Waals surface area contributed by atoms with Gasteiger partial charge in [0.2, 0.25) is 0 Å². The summed E-state index contributed by atoms with van der Waals surface area (Å²) in [6.07, 6.45) is 0. The molecule has 0 fully saturated rings. The maximum absolute atomic E-state index is 13.1. The molecule has 16 rings (SSSR count). The van der Waals surface area contributed by atoms with Crippen LogP contribution in [0.3, 0.4) is 0 Å². The average molecular weight is 2030 g/mol. The van der Waals surface area contributed by atoms with E-state index in [4.69, 9.17) is 51.9 Å². The summed E-state index contributed by atoms with van der Waals surface area (Å²) in [5.74, 6) is -2.11. The molecular formula is C94H76Cl2N24O18S4. The summed E-state index contributed by atoms with van der Waals surface area (Å²) in [6, 6.07) is 64.5. The minimum Gasteiger partial charge on any atom is -0.508 e. The van der Waals surface area contributed by atoms with Crippen LogP contribution in [0.15, 0.2) is 372 Å². The van der Waals surface area contributed by atoms with Crippen LogP contribution < -0.4 is 33.4 Å². The number of hydrogen-bond donors (Lipinski definition) is 16. The van der Waals surface area contributed by atoms with Crippen molar-refractivity contribution in [2.75, 3.05) is 33.4 Å². The van der Waals surface area contributed by atoms with E-state index in [1.54, 1.807) is 136 Å². The normalized spacial score (nSPS) is 12.3. The van der Waals surface area contributed by atoms with E-state index < -0.39 is 72.2 Å². The van der Waals surface area contributed by atoms with E-state index in [1.165, 1.54) is 109 Å². The number of halogens is 2. The van der Waals surface area contributed by atoms with Crippen LogP contribution in [0.25, 0.3) is 32.3 Å². The van der Waals surface area contributed by atoms with E-state index in [0.717, 1.165) is 29.8 Å². The molecule has 718 valence electrons. The molecular weight excluding hydrogens is 1950 g/mol. The SMILES string of the molecule is Cc1cc2cc(S(=O)(=O)O)c(N=Nc3ccc(N=Nc4ccc(N)cc4O)cc3)c(N)c2c(O)c1N=Nc1ccc(Cl)cc1.Cc1cc2cc(S(=O)(=O)O)c(N=Nc3cccc(N=Nc4ccc(N)cc4O)c3)c(N)c2c(O)c1N=Nc1cccc(Cl)c1.Cc1ccc(N=Nc2c(C)cc3cc(S(=O)(=O)O)c(N=Nc4ccc(S(=O)(=O)Nc5ccc(N=Nc6ccc(O)cc6O)cc5)cc4)c(O)c3c2N)cc1. The van der Waals surface area contributed by atoms with Gasteiger partial charge in [-0.15, -0.1) is 46.0 Å². The highest BCUT2D eigenvalue weighted by molar-refractivity contribution is 7.92. The summed E-state index contributed by atoms with van der Waals surface area (Å²) < 4.78 is 133. The number of phenolic OH excluding ortho intramolecular Hbond substituents is 7. The molecule has 0 saturated carbocycles. The minimum absolute atomic E-state index is 0.0000550. The molecule has 0 spiro atoms. The number of sulfonamides is 1. The second-order valence-corrected chi connectivity index (χ2v) is 37.5. The highest BCUT2D eigenvalue weighted by Gasteiger charge is 2.29. The van der Waals surface area contributed by atoms with Gasteiger partial charge in [-0.1, -0.05) is 53.0 Å². The van der Waals surface area contributed by atoms with Crippen molar-refractivity contribution in [1.29, 1.82) is 0 Å². The topological polar surface area (TPSA) is 703 Å². The fourth-order valence-electron chi connectivity index (χ4n) is 13.5. The number of aryl methyl sites for hydroxylation is 4. The molecule has 16 aromatic rings. The molecule has 0 bridgehead atoms. The van der Waals surface area contributed by atoms with E-state index in [0.29, 0.717) is 72.2 Å². The molecule has 0 aliphatic carbocycles. The van der Waals surface area contributed by atoms with Gasteiger partial charge in [0.25, 0.3) is 40.4 Å². The summed E-state index contributed by atoms with van der Waals surface area (Å²) in [5.41, 5.74) is 35.9. The average Bonchev–Trinajstić information content (AvgIpc) is 0.754. The summed E-state index contributed by atoms with van der Waals surface area (Å²) in [4.78, 5) is -2.10. The van der Waals surface area contributed by atoms with Gasteiger partial charge in [0.1, 0.15) is 88.9 Å². The third-order valence-electron chi connectivity index (χ3n) is 20.4. The number of anilines is 6. The van der Waals surface area contributed by atoms with Crippen LogP contribution in [0.4, 0.5) is 136 Å². The smallest absolute Gasteiger partial charge is 0.296 e. The van der Waals surface area contributed by atoms with E-state index in [-0.39, 0.29) is 151 Å². The van der Waals surface area contributed by atoms with Gasteiger partial charge in [-0.05, 0) is 279 Å². The molecule has 0 radical (unpaired) electrons. The third-order valence-corrected chi connectivity index (χ3v) is 24.9. The van der Waals surface area contributed by atoms with Crippen molar-refractivity contribution in [3.05, 3.63) is 293 Å². The quantitative estimate of drug-likeness (QED) is 0.0152. The Labute approximate surface area is 816 Å². The monoisotopic (exact) mass is 2030 g/mol. The number of nitrogens with one attached hydrogen (secondary N) is 1. The van der Waals surface area contributed by atoms with E-state index in [9.17, 15) is 83.1 Å². The summed E-state index contributed by atoms with van der Waals surface area (Å²) in [7, 11) is -18.7. The second kappa shape index (κ2) is 42.1.